The van der Waals surface area contributed by atoms with Crippen LogP contribution in [0.25, 0.3) is 5.69 Å². The third-order valence-electron chi connectivity index (χ3n) is 3.42. The van der Waals surface area contributed by atoms with E-state index < -0.39 is 57.7 Å². The number of aromatic nitrogens is 2. The van der Waals surface area contributed by atoms with Gasteiger partial charge in [0, 0.05) is 19.2 Å². The van der Waals surface area contributed by atoms with Gasteiger partial charge in [-0.2, -0.15) is 35.1 Å². The van der Waals surface area contributed by atoms with Gasteiger partial charge < -0.3 is 4.74 Å². The molecule has 0 atom stereocenters. The molecule has 0 saturated heterocycles. The van der Waals surface area contributed by atoms with Crippen LogP contribution in [0.5, 0.6) is 5.75 Å². The predicted octanol–water partition coefficient (Wildman–Crippen LogP) is 3.88. The number of hydrogen-bond acceptors (Lipinski definition) is 3. The van der Waals surface area contributed by atoms with E-state index in [0.29, 0.717) is 7.05 Å². The number of halogens is 10. The minimum Gasteiger partial charge on any atom is -0.424 e. The monoisotopic (exact) mass is 456 g/mol. The maximum atomic E-state index is 14.1. The third kappa shape index (κ3) is 4.21. The fraction of sp³-hybridized carbons (Fsp3) is 0.286. The van der Waals surface area contributed by atoms with Crippen LogP contribution in [-0.4, -0.2) is 21.4 Å². The topological polar surface area (TPSA) is 53.2 Å². The molecule has 5 nitrogen and oxygen atoms in total. The zero-order valence-corrected chi connectivity index (χ0v) is 14.4. The Morgan fingerprint density at radius 1 is 0.966 bits per heavy atom. The summed E-state index contributed by atoms with van der Waals surface area (Å²) < 4.78 is 119. The van der Waals surface area contributed by atoms with Gasteiger partial charge in [0.25, 0.3) is 5.56 Å². The van der Waals surface area contributed by atoms with Crippen LogP contribution in [0.1, 0.15) is 5.69 Å². The predicted molar refractivity (Wildman–Crippen MR) is 78.9 cm³/mol. The summed E-state index contributed by atoms with van der Waals surface area (Å²) in [4.78, 5) is 24.0. The van der Waals surface area contributed by atoms with Crippen molar-refractivity contribution in [1.29, 1.82) is 0 Å². The first-order valence-corrected chi connectivity index (χ1v) is 7.38. The van der Waals surface area contributed by atoms with Gasteiger partial charge in [0.15, 0.2) is 0 Å². The Balaban J connectivity index is 2.74. The quantitative estimate of drug-likeness (QED) is 0.659. The summed E-state index contributed by atoms with van der Waals surface area (Å²) in [6.07, 6.45) is -17.1. The van der Waals surface area contributed by atoms with Crippen molar-refractivity contribution in [3.05, 3.63) is 55.6 Å². The van der Waals surface area contributed by atoms with Gasteiger partial charge >= 0.3 is 24.2 Å². The van der Waals surface area contributed by atoms with Gasteiger partial charge in [-0.05, 0) is 6.07 Å². The summed E-state index contributed by atoms with van der Waals surface area (Å²) in [6, 6.07) is 0.0932. The third-order valence-corrected chi connectivity index (χ3v) is 3.72. The highest BCUT2D eigenvalue weighted by Crippen LogP contribution is 2.40. The first kappa shape index (κ1) is 22.6. The second-order valence-corrected chi connectivity index (χ2v) is 5.80. The van der Waals surface area contributed by atoms with E-state index >= 15 is 0 Å². The molecule has 0 fully saturated rings. The minimum atomic E-state index is -6.20. The Labute approximate surface area is 158 Å². The second-order valence-electron chi connectivity index (χ2n) is 5.39. The molecule has 0 N–H and O–H groups in total. The van der Waals surface area contributed by atoms with Crippen molar-refractivity contribution in [1.82, 2.24) is 9.13 Å². The number of hydrogen-bond donors (Lipinski definition) is 0. The van der Waals surface area contributed by atoms with Gasteiger partial charge in [-0.15, -0.1) is 0 Å². The van der Waals surface area contributed by atoms with Crippen LogP contribution in [0.3, 0.4) is 0 Å². The van der Waals surface area contributed by atoms with E-state index in [-0.39, 0.29) is 27.3 Å². The highest BCUT2D eigenvalue weighted by molar-refractivity contribution is 6.32. The molecule has 1 aromatic heterocycles. The fourth-order valence-corrected chi connectivity index (χ4v) is 2.27. The number of alkyl halides is 8. The molecule has 0 unspecified atom stereocenters. The zero-order chi connectivity index (χ0) is 22.5. The summed E-state index contributed by atoms with van der Waals surface area (Å²) >= 11 is 5.36. The van der Waals surface area contributed by atoms with Crippen LogP contribution in [0.15, 0.2) is 27.8 Å². The molecule has 0 bridgehead atoms. The Morgan fingerprint density at radius 3 is 2.00 bits per heavy atom. The highest BCUT2D eigenvalue weighted by Gasteiger charge is 2.61. The van der Waals surface area contributed by atoms with E-state index in [0.717, 1.165) is 0 Å². The van der Waals surface area contributed by atoms with Crippen LogP contribution >= 0.6 is 11.6 Å². The molecule has 1 aromatic carbocycles. The lowest BCUT2D eigenvalue weighted by Crippen LogP contribution is -2.42. The molecule has 0 aliphatic carbocycles. The lowest BCUT2D eigenvalue weighted by Gasteiger charge is -2.21. The van der Waals surface area contributed by atoms with E-state index in [4.69, 9.17) is 11.6 Å². The average Bonchev–Trinajstić information content (AvgIpc) is 2.52. The van der Waals surface area contributed by atoms with Crippen molar-refractivity contribution in [2.45, 2.75) is 18.5 Å². The molecule has 160 valence electrons. The SMILES string of the molecule is Cn1c(C(F)(F)F)cc(=O)n(-c2cc(OC(F)(F)C(F)(F)F)c(Cl)cc2F)c1=O. The van der Waals surface area contributed by atoms with Crippen LogP contribution in [0, 0.1) is 5.82 Å². The molecule has 15 heteroatoms. The minimum absolute atomic E-state index is 0.0490. The van der Waals surface area contributed by atoms with E-state index in [1.54, 1.807) is 0 Å². The van der Waals surface area contributed by atoms with Crippen LogP contribution in [-0.2, 0) is 13.2 Å². The summed E-state index contributed by atoms with van der Waals surface area (Å²) in [6.45, 7) is 0. The number of rotatable bonds is 3. The summed E-state index contributed by atoms with van der Waals surface area (Å²) in [5.74, 6) is -3.07. The number of ether oxygens (including phenoxy) is 1. The number of benzene rings is 1. The van der Waals surface area contributed by atoms with E-state index in [2.05, 4.69) is 4.74 Å². The summed E-state index contributed by atoms with van der Waals surface area (Å²) in [5.41, 5.74) is -6.48. The van der Waals surface area contributed by atoms with Gasteiger partial charge in [0.1, 0.15) is 17.3 Å². The maximum Gasteiger partial charge on any atom is 0.499 e. The highest BCUT2D eigenvalue weighted by atomic mass is 35.5. The average molecular weight is 457 g/mol. The smallest absolute Gasteiger partial charge is 0.424 e. The van der Waals surface area contributed by atoms with E-state index in [1.807, 2.05) is 0 Å². The standard InChI is InChI=1S/C14H6ClF9N2O3/c1-25-9(12(17,18)19)4-10(27)26(11(25)28)7-3-8(5(15)2-6(7)16)29-14(23,24)13(20,21)22/h2-4H,1H3. The Hall–Kier alpha value is -2.64. The van der Waals surface area contributed by atoms with Crippen molar-refractivity contribution in [2.24, 2.45) is 7.05 Å². The molecule has 0 amide bonds. The van der Waals surface area contributed by atoms with Crippen molar-refractivity contribution in [3.63, 3.8) is 0 Å². The van der Waals surface area contributed by atoms with Crippen molar-refractivity contribution in [3.8, 4) is 11.4 Å². The lowest BCUT2D eigenvalue weighted by molar-refractivity contribution is -0.360. The van der Waals surface area contributed by atoms with E-state index in [9.17, 15) is 49.1 Å². The fourth-order valence-electron chi connectivity index (χ4n) is 2.08. The Kier molecular flexibility index (Phi) is 5.47. The molecule has 0 aliphatic rings. The largest absolute Gasteiger partial charge is 0.499 e. The van der Waals surface area contributed by atoms with E-state index in [1.165, 1.54) is 0 Å². The van der Waals surface area contributed by atoms with Gasteiger partial charge in [-0.3, -0.25) is 9.36 Å². The molecule has 0 radical (unpaired) electrons. The van der Waals surface area contributed by atoms with Crippen molar-refractivity contribution in [2.75, 3.05) is 0 Å². The molecule has 0 saturated carbocycles. The summed E-state index contributed by atoms with van der Waals surface area (Å²) in [5, 5.41) is -1.09. The maximum absolute atomic E-state index is 14.1. The number of nitrogens with zero attached hydrogens (tertiary/aromatic N) is 2. The Morgan fingerprint density at radius 2 is 1.52 bits per heavy atom. The van der Waals surface area contributed by atoms with Gasteiger partial charge in [0.05, 0.1) is 10.7 Å². The van der Waals surface area contributed by atoms with Crippen LogP contribution < -0.4 is 16.0 Å². The van der Waals surface area contributed by atoms with Gasteiger partial charge in [-0.1, -0.05) is 11.6 Å². The molecule has 29 heavy (non-hydrogen) atoms. The zero-order valence-electron chi connectivity index (χ0n) is 13.6. The molecular formula is C14H6ClF9N2O3. The molecule has 2 rings (SSSR count). The lowest BCUT2D eigenvalue weighted by atomic mass is 10.2. The summed E-state index contributed by atoms with van der Waals surface area (Å²) in [7, 11) is 0.574. The van der Waals surface area contributed by atoms with Gasteiger partial charge in [-0.25, -0.2) is 13.8 Å². The molecule has 2 aromatic rings. The van der Waals surface area contributed by atoms with Crippen LogP contribution in [0.4, 0.5) is 39.5 Å². The van der Waals surface area contributed by atoms with Crippen LogP contribution in [0.2, 0.25) is 5.02 Å². The second kappa shape index (κ2) is 7.00. The molecule has 1 heterocycles. The van der Waals surface area contributed by atoms with Crippen molar-refractivity contribution < 1.29 is 44.3 Å². The molecular weight excluding hydrogens is 451 g/mol. The molecule has 0 aliphatic heterocycles. The molecule has 0 spiro atoms. The first-order valence-electron chi connectivity index (χ1n) is 7.00. The van der Waals surface area contributed by atoms with Gasteiger partial charge in [0.2, 0.25) is 0 Å². The first-order chi connectivity index (χ1) is 13.0. The van der Waals surface area contributed by atoms with Crippen molar-refractivity contribution >= 4 is 11.6 Å². The normalized spacial score (nSPS) is 12.9. The Bertz CT molecular complexity index is 1070.